The van der Waals surface area contributed by atoms with Crippen molar-refractivity contribution >= 4 is 5.69 Å². The molecule has 0 aliphatic rings. The summed E-state index contributed by atoms with van der Waals surface area (Å²) >= 11 is 0. The van der Waals surface area contributed by atoms with Gasteiger partial charge < -0.3 is 15.8 Å². The summed E-state index contributed by atoms with van der Waals surface area (Å²) in [5, 5.41) is 3.48. The van der Waals surface area contributed by atoms with Crippen molar-refractivity contribution < 1.29 is 4.74 Å². The molecule has 0 aliphatic carbocycles. The van der Waals surface area contributed by atoms with Crippen molar-refractivity contribution in [2.24, 2.45) is 0 Å². The third-order valence-corrected chi connectivity index (χ3v) is 3.24. The Balaban J connectivity index is 2.23. The lowest BCUT2D eigenvalue weighted by Crippen LogP contribution is -2.25. The van der Waals surface area contributed by atoms with Gasteiger partial charge in [-0.25, -0.2) is 9.97 Å². The summed E-state index contributed by atoms with van der Waals surface area (Å²) in [6.45, 7) is 3.03. The van der Waals surface area contributed by atoms with Gasteiger partial charge in [0.05, 0.1) is 18.8 Å². The van der Waals surface area contributed by atoms with Crippen molar-refractivity contribution in [2.45, 2.75) is 25.8 Å². The lowest BCUT2D eigenvalue weighted by Gasteiger charge is -2.19. The first-order valence-corrected chi connectivity index (χ1v) is 7.02. The number of rotatable bonds is 7. The molecule has 0 saturated heterocycles. The van der Waals surface area contributed by atoms with Crippen LogP contribution in [-0.4, -0.2) is 28.6 Å². The first kappa shape index (κ1) is 15.2. The van der Waals surface area contributed by atoms with Crippen LogP contribution in [0, 0.1) is 0 Å². The number of nitrogens with one attached hydrogen (secondary N) is 1. The number of nitrogen functional groups attached to an aromatic ring is 1. The van der Waals surface area contributed by atoms with E-state index in [4.69, 9.17) is 10.5 Å². The van der Waals surface area contributed by atoms with E-state index in [1.807, 2.05) is 12.1 Å². The quantitative estimate of drug-likeness (QED) is 0.807. The maximum Gasteiger partial charge on any atom is 0.216 e. The van der Waals surface area contributed by atoms with Crippen LogP contribution in [-0.2, 0) is 6.42 Å². The fraction of sp³-hybridized carbons (Fsp3) is 0.400. The van der Waals surface area contributed by atoms with Gasteiger partial charge in [0.25, 0.3) is 0 Å². The Labute approximate surface area is 124 Å². The second-order valence-corrected chi connectivity index (χ2v) is 4.77. The normalized spacial score (nSPS) is 12.1. The van der Waals surface area contributed by atoms with E-state index in [2.05, 4.69) is 27.2 Å². The number of ether oxygens (including phenoxy) is 1. The number of pyridine rings is 1. The van der Waals surface area contributed by atoms with E-state index < -0.39 is 0 Å². The lowest BCUT2D eigenvalue weighted by atomic mass is 10.0. The van der Waals surface area contributed by atoms with Crippen molar-refractivity contribution in [3.63, 3.8) is 0 Å². The van der Waals surface area contributed by atoms with Crippen LogP contribution < -0.4 is 15.8 Å². The van der Waals surface area contributed by atoms with Crippen molar-refractivity contribution in [1.29, 1.82) is 0 Å². The van der Waals surface area contributed by atoms with Crippen molar-refractivity contribution in [1.82, 2.24) is 20.3 Å². The number of hydrogen-bond acceptors (Lipinski definition) is 6. The van der Waals surface area contributed by atoms with Gasteiger partial charge in [-0.15, -0.1) is 0 Å². The SMILES string of the molecule is CCCNC(Cc1cnccc1N)c1cc(OC)ncn1. The summed E-state index contributed by atoms with van der Waals surface area (Å²) in [4.78, 5) is 12.5. The van der Waals surface area contributed by atoms with Crippen LogP contribution in [0.25, 0.3) is 0 Å². The third kappa shape index (κ3) is 4.13. The van der Waals surface area contributed by atoms with Crippen LogP contribution in [0.2, 0.25) is 0 Å². The van der Waals surface area contributed by atoms with E-state index in [9.17, 15) is 0 Å². The number of nitrogens with two attached hydrogens (primary N) is 1. The summed E-state index contributed by atoms with van der Waals surface area (Å²) in [6, 6.07) is 3.71. The summed E-state index contributed by atoms with van der Waals surface area (Å²) in [5.41, 5.74) is 8.64. The second-order valence-electron chi connectivity index (χ2n) is 4.77. The molecule has 0 fully saturated rings. The molecule has 1 unspecified atom stereocenters. The molecule has 0 aromatic carbocycles. The molecule has 0 saturated carbocycles. The Morgan fingerprint density at radius 2 is 2.24 bits per heavy atom. The van der Waals surface area contributed by atoms with E-state index in [-0.39, 0.29) is 6.04 Å². The summed E-state index contributed by atoms with van der Waals surface area (Å²) < 4.78 is 5.17. The number of methoxy groups -OCH3 is 1. The Morgan fingerprint density at radius 1 is 1.38 bits per heavy atom. The van der Waals surface area contributed by atoms with Crippen LogP contribution in [0.1, 0.15) is 30.6 Å². The Morgan fingerprint density at radius 3 is 2.95 bits per heavy atom. The molecule has 2 rings (SSSR count). The van der Waals surface area contributed by atoms with Gasteiger partial charge in [0.15, 0.2) is 0 Å². The molecular formula is C15H21N5O. The van der Waals surface area contributed by atoms with Gasteiger partial charge in [-0.05, 0) is 31.0 Å². The molecule has 0 amide bonds. The molecule has 2 aromatic rings. The van der Waals surface area contributed by atoms with E-state index in [1.165, 1.54) is 6.33 Å². The Kier molecular flexibility index (Phi) is 5.45. The largest absolute Gasteiger partial charge is 0.481 e. The van der Waals surface area contributed by atoms with Gasteiger partial charge in [0.1, 0.15) is 6.33 Å². The fourth-order valence-electron chi connectivity index (χ4n) is 2.08. The maximum atomic E-state index is 6.01. The second kappa shape index (κ2) is 7.54. The number of anilines is 1. The highest BCUT2D eigenvalue weighted by atomic mass is 16.5. The highest BCUT2D eigenvalue weighted by Gasteiger charge is 2.15. The van der Waals surface area contributed by atoms with E-state index in [0.29, 0.717) is 5.88 Å². The third-order valence-electron chi connectivity index (χ3n) is 3.24. The van der Waals surface area contributed by atoms with Crippen LogP contribution in [0.4, 0.5) is 5.69 Å². The minimum absolute atomic E-state index is 0.0494. The number of hydrogen-bond donors (Lipinski definition) is 2. The Bertz CT molecular complexity index is 575. The molecule has 6 heteroatoms. The van der Waals surface area contributed by atoms with Crippen LogP contribution >= 0.6 is 0 Å². The topological polar surface area (TPSA) is 86.0 Å². The highest BCUT2D eigenvalue weighted by molar-refractivity contribution is 5.45. The van der Waals surface area contributed by atoms with Gasteiger partial charge >= 0.3 is 0 Å². The van der Waals surface area contributed by atoms with Gasteiger partial charge in [-0.3, -0.25) is 4.98 Å². The average Bonchev–Trinajstić information content (AvgIpc) is 2.53. The predicted molar refractivity (Wildman–Crippen MR) is 82.0 cm³/mol. The minimum atomic E-state index is 0.0494. The molecule has 0 spiro atoms. The zero-order chi connectivity index (χ0) is 15.1. The molecule has 112 valence electrons. The lowest BCUT2D eigenvalue weighted by molar-refractivity contribution is 0.393. The highest BCUT2D eigenvalue weighted by Crippen LogP contribution is 2.21. The molecule has 3 N–H and O–H groups in total. The molecule has 1 atom stereocenters. The molecule has 21 heavy (non-hydrogen) atoms. The zero-order valence-corrected chi connectivity index (χ0v) is 12.4. The van der Waals surface area contributed by atoms with Gasteiger partial charge in [-0.2, -0.15) is 0 Å². The molecule has 6 nitrogen and oxygen atoms in total. The minimum Gasteiger partial charge on any atom is -0.481 e. The van der Waals surface area contributed by atoms with Crippen molar-refractivity contribution in [2.75, 3.05) is 19.4 Å². The smallest absolute Gasteiger partial charge is 0.216 e. The number of nitrogens with zero attached hydrogens (tertiary/aromatic N) is 3. The van der Waals surface area contributed by atoms with Crippen molar-refractivity contribution in [3.05, 3.63) is 42.1 Å². The predicted octanol–water partition coefficient (Wildman–Crippen LogP) is 1.75. The van der Waals surface area contributed by atoms with Crippen molar-refractivity contribution in [3.8, 4) is 5.88 Å². The molecular weight excluding hydrogens is 266 g/mol. The van der Waals surface area contributed by atoms with Gasteiger partial charge in [0, 0.05) is 24.1 Å². The maximum absolute atomic E-state index is 6.01. The first-order valence-electron chi connectivity index (χ1n) is 7.02. The van der Waals surface area contributed by atoms with E-state index in [0.717, 1.165) is 36.3 Å². The molecule has 0 bridgehead atoms. The molecule has 2 aromatic heterocycles. The van der Waals surface area contributed by atoms with Crippen LogP contribution in [0.5, 0.6) is 5.88 Å². The fourth-order valence-corrected chi connectivity index (χ4v) is 2.08. The zero-order valence-electron chi connectivity index (χ0n) is 12.4. The first-order chi connectivity index (χ1) is 10.2. The van der Waals surface area contributed by atoms with E-state index >= 15 is 0 Å². The molecule has 0 aliphatic heterocycles. The molecule has 0 radical (unpaired) electrons. The van der Waals surface area contributed by atoms with Crippen LogP contribution in [0.15, 0.2) is 30.9 Å². The standard InChI is InChI=1S/C15H21N5O/c1-3-5-18-13(7-11-9-17-6-4-12(11)16)14-8-15(21-2)20-10-19-14/h4,6,8-10,13,18H,3,5,7H2,1-2H3,(H2,16,17). The molecule has 2 heterocycles. The monoisotopic (exact) mass is 287 g/mol. The summed E-state index contributed by atoms with van der Waals surface area (Å²) in [5.74, 6) is 0.558. The average molecular weight is 287 g/mol. The Hall–Kier alpha value is -2.21. The van der Waals surface area contributed by atoms with Crippen LogP contribution in [0.3, 0.4) is 0 Å². The summed E-state index contributed by atoms with van der Waals surface area (Å²) in [6.07, 6.45) is 6.78. The summed E-state index contributed by atoms with van der Waals surface area (Å²) in [7, 11) is 1.60. The van der Waals surface area contributed by atoms with E-state index in [1.54, 1.807) is 19.5 Å². The van der Waals surface area contributed by atoms with Gasteiger partial charge in [-0.1, -0.05) is 6.92 Å². The van der Waals surface area contributed by atoms with Gasteiger partial charge in [0.2, 0.25) is 5.88 Å². The number of aromatic nitrogens is 3.